The summed E-state index contributed by atoms with van der Waals surface area (Å²) in [5.41, 5.74) is 2.58. The third-order valence-corrected chi connectivity index (χ3v) is 10.6. The van der Waals surface area contributed by atoms with Gasteiger partial charge in [0, 0.05) is 47.4 Å². The first-order valence-corrected chi connectivity index (χ1v) is 14.2. The molecule has 2 saturated heterocycles. The Hall–Kier alpha value is -1.58. The van der Waals surface area contributed by atoms with Crippen LogP contribution in [0.5, 0.6) is 0 Å². The molecule has 0 radical (unpaired) electrons. The number of hydrogen-bond acceptors (Lipinski definition) is 4. The van der Waals surface area contributed by atoms with Gasteiger partial charge in [0.2, 0.25) is 0 Å². The molecule has 3 aliphatic carbocycles. The number of rotatable bonds is 4. The van der Waals surface area contributed by atoms with Gasteiger partial charge < -0.3 is 9.80 Å². The van der Waals surface area contributed by atoms with Crippen molar-refractivity contribution in [2.75, 3.05) is 13.1 Å². The number of hydrogen-bond donors (Lipinski definition) is 0. The fourth-order valence-electron chi connectivity index (χ4n) is 8.78. The Balaban J connectivity index is 1.41. The van der Waals surface area contributed by atoms with Gasteiger partial charge in [-0.3, -0.25) is 9.59 Å². The van der Waals surface area contributed by atoms with Gasteiger partial charge in [-0.05, 0) is 63.5 Å². The molecule has 5 fully saturated rings. The van der Waals surface area contributed by atoms with E-state index in [1.54, 1.807) is 0 Å². The second-order valence-electron chi connectivity index (χ2n) is 12.8. The predicted octanol–water partition coefficient (Wildman–Crippen LogP) is 5.98. The van der Waals surface area contributed by atoms with Crippen molar-refractivity contribution in [3.8, 4) is 0 Å². The smallest absolute Gasteiger partial charge is 0.161 e. The third kappa shape index (κ3) is 3.37. The predicted molar refractivity (Wildman–Crippen MR) is 137 cm³/mol. The summed E-state index contributed by atoms with van der Waals surface area (Å²) in [5, 5.41) is 0. The zero-order valence-corrected chi connectivity index (χ0v) is 22.4. The zero-order chi connectivity index (χ0) is 24.4. The van der Waals surface area contributed by atoms with E-state index in [4.69, 9.17) is 0 Å². The summed E-state index contributed by atoms with van der Waals surface area (Å²) in [5.74, 6) is 0.411. The Morgan fingerprint density at radius 2 is 1.03 bits per heavy atom. The molecule has 0 aromatic heterocycles. The molecule has 34 heavy (non-hydrogen) atoms. The molecule has 2 aliphatic heterocycles. The van der Waals surface area contributed by atoms with E-state index in [2.05, 4.69) is 63.5 Å². The second kappa shape index (κ2) is 8.52. The van der Waals surface area contributed by atoms with E-state index in [0.29, 0.717) is 23.9 Å². The molecule has 0 spiro atoms. The number of ketones is 2. The molecule has 0 aromatic carbocycles. The van der Waals surface area contributed by atoms with Crippen LogP contribution in [0.1, 0.15) is 92.9 Å². The zero-order valence-electron chi connectivity index (χ0n) is 22.4. The van der Waals surface area contributed by atoms with Gasteiger partial charge in [0.05, 0.1) is 11.8 Å². The van der Waals surface area contributed by atoms with E-state index >= 15 is 0 Å². The number of carbonyl (C=O) groups is 2. The maximum absolute atomic E-state index is 13.4. The van der Waals surface area contributed by atoms with E-state index in [9.17, 15) is 9.59 Å². The van der Waals surface area contributed by atoms with Crippen molar-refractivity contribution in [3.05, 3.63) is 23.5 Å². The van der Waals surface area contributed by atoms with Crippen LogP contribution in [0.2, 0.25) is 0 Å². The van der Waals surface area contributed by atoms with Crippen molar-refractivity contribution in [3.63, 3.8) is 0 Å². The minimum atomic E-state index is -0.549. The fraction of sp³-hybridized carbons (Fsp3) is 0.800. The van der Waals surface area contributed by atoms with Crippen LogP contribution in [-0.4, -0.2) is 46.5 Å². The van der Waals surface area contributed by atoms with Gasteiger partial charge >= 0.3 is 0 Å². The second-order valence-corrected chi connectivity index (χ2v) is 12.8. The lowest BCUT2D eigenvalue weighted by Gasteiger charge is -2.35. The van der Waals surface area contributed by atoms with E-state index in [1.165, 1.54) is 62.8 Å². The normalized spacial score (nSPS) is 41.1. The van der Waals surface area contributed by atoms with Crippen molar-refractivity contribution in [2.45, 2.75) is 105 Å². The van der Waals surface area contributed by atoms with Gasteiger partial charge in [-0.1, -0.05) is 53.4 Å². The van der Waals surface area contributed by atoms with Gasteiger partial charge in [0.1, 0.15) is 0 Å². The summed E-state index contributed by atoms with van der Waals surface area (Å²) in [4.78, 5) is 31.9. The molecule has 0 bridgehead atoms. The SMILES string of the molecule is CCN1C(=CC2C(=O)C(C=C3N(CC)C4CCCCC4C3(C)C)C2=O)C(C)(C)C2CCCCC21. The van der Waals surface area contributed by atoms with Gasteiger partial charge in [-0.15, -0.1) is 0 Å². The Morgan fingerprint density at radius 1 is 0.676 bits per heavy atom. The number of nitrogens with zero attached hydrogens (tertiary/aromatic N) is 2. The Bertz CT molecular complexity index is 827. The maximum Gasteiger partial charge on any atom is 0.161 e. The van der Waals surface area contributed by atoms with Crippen LogP contribution in [0.3, 0.4) is 0 Å². The lowest BCUT2D eigenvalue weighted by molar-refractivity contribution is -0.146. The molecular formula is C30H46N2O2. The highest BCUT2D eigenvalue weighted by Gasteiger charge is 2.55. The first-order valence-electron chi connectivity index (χ1n) is 14.2. The Kier molecular flexibility index (Phi) is 6.05. The molecule has 0 N–H and O–H groups in total. The summed E-state index contributed by atoms with van der Waals surface area (Å²) in [7, 11) is 0. The van der Waals surface area contributed by atoms with Crippen molar-refractivity contribution in [2.24, 2.45) is 34.5 Å². The molecule has 5 rings (SSSR count). The van der Waals surface area contributed by atoms with E-state index in [-0.39, 0.29) is 22.4 Å². The molecule has 0 amide bonds. The molecule has 4 nitrogen and oxygen atoms in total. The standard InChI is InChI=1S/C30H46N2O2/c1-7-31-23-15-11-9-13-21(23)29(3,4)25(31)17-19-27(33)20(28(19)34)18-26-30(5,6)22-14-10-12-16-24(22)32(26)8-2/h17-24H,7-16H2,1-6H3. The fourth-order valence-corrected chi connectivity index (χ4v) is 8.78. The van der Waals surface area contributed by atoms with Crippen LogP contribution >= 0.6 is 0 Å². The van der Waals surface area contributed by atoms with Crippen LogP contribution < -0.4 is 0 Å². The summed E-state index contributed by atoms with van der Waals surface area (Å²) in [6.45, 7) is 15.7. The van der Waals surface area contributed by atoms with Crippen molar-refractivity contribution >= 4 is 11.6 Å². The molecular weight excluding hydrogens is 420 g/mol. The molecule has 3 saturated carbocycles. The highest BCUT2D eigenvalue weighted by molar-refractivity contribution is 6.26. The molecule has 4 atom stereocenters. The molecule has 4 unspecified atom stereocenters. The summed E-state index contributed by atoms with van der Waals surface area (Å²) >= 11 is 0. The minimum absolute atomic E-state index is 0.0351. The van der Waals surface area contributed by atoms with Crippen LogP contribution in [0.25, 0.3) is 0 Å². The number of allylic oxidation sites excluding steroid dienone is 4. The summed E-state index contributed by atoms with van der Waals surface area (Å²) in [6.07, 6.45) is 14.4. The number of Topliss-reactive ketones (excluding diaryl/α,β-unsaturated/α-hetero) is 2. The van der Waals surface area contributed by atoms with E-state index in [1.807, 2.05) is 0 Å². The van der Waals surface area contributed by atoms with Crippen molar-refractivity contribution in [1.29, 1.82) is 0 Å². The van der Waals surface area contributed by atoms with Gasteiger partial charge in [-0.2, -0.15) is 0 Å². The lowest BCUT2D eigenvalue weighted by atomic mass is 9.66. The highest BCUT2D eigenvalue weighted by Crippen LogP contribution is 2.55. The first kappa shape index (κ1) is 24.1. The lowest BCUT2D eigenvalue weighted by Crippen LogP contribution is -2.47. The quantitative estimate of drug-likeness (QED) is 0.478. The summed E-state index contributed by atoms with van der Waals surface area (Å²) < 4.78 is 0. The Morgan fingerprint density at radius 3 is 1.38 bits per heavy atom. The average Bonchev–Trinajstić information content (AvgIpc) is 3.19. The van der Waals surface area contributed by atoms with Crippen LogP contribution in [0.15, 0.2) is 23.5 Å². The largest absolute Gasteiger partial charge is 0.372 e. The average molecular weight is 467 g/mol. The van der Waals surface area contributed by atoms with E-state index < -0.39 is 11.8 Å². The summed E-state index contributed by atoms with van der Waals surface area (Å²) in [6, 6.07) is 1.15. The van der Waals surface area contributed by atoms with Crippen LogP contribution in [0.4, 0.5) is 0 Å². The molecule has 2 heterocycles. The number of fused-ring (bicyclic) bond motifs is 2. The minimum Gasteiger partial charge on any atom is -0.372 e. The van der Waals surface area contributed by atoms with Crippen LogP contribution in [0, 0.1) is 34.5 Å². The van der Waals surface area contributed by atoms with Gasteiger partial charge in [0.25, 0.3) is 0 Å². The molecule has 5 aliphatic rings. The highest BCUT2D eigenvalue weighted by atomic mass is 16.2. The molecule has 4 heteroatoms. The molecule has 0 aromatic rings. The first-order chi connectivity index (χ1) is 16.1. The third-order valence-electron chi connectivity index (χ3n) is 10.6. The van der Waals surface area contributed by atoms with E-state index in [0.717, 1.165) is 13.1 Å². The van der Waals surface area contributed by atoms with Crippen molar-refractivity contribution in [1.82, 2.24) is 9.80 Å². The van der Waals surface area contributed by atoms with Crippen molar-refractivity contribution < 1.29 is 9.59 Å². The monoisotopic (exact) mass is 466 g/mol. The Labute approximate surface area is 207 Å². The van der Waals surface area contributed by atoms with Gasteiger partial charge in [-0.25, -0.2) is 0 Å². The van der Waals surface area contributed by atoms with Gasteiger partial charge in [0.15, 0.2) is 11.6 Å². The topological polar surface area (TPSA) is 40.6 Å². The number of likely N-dealkylation sites (tertiary alicyclic amines) is 2. The maximum atomic E-state index is 13.4. The van der Waals surface area contributed by atoms with Crippen LogP contribution in [-0.2, 0) is 9.59 Å². The molecule has 188 valence electrons. The number of carbonyl (C=O) groups excluding carboxylic acids is 2.